The monoisotopic (exact) mass is 338 g/mol. The van der Waals surface area contributed by atoms with Crippen molar-refractivity contribution in [1.29, 1.82) is 0 Å². The molecule has 0 bridgehead atoms. The van der Waals surface area contributed by atoms with E-state index >= 15 is 0 Å². The fourth-order valence-electron chi connectivity index (χ4n) is 3.30. The molecule has 0 radical (unpaired) electrons. The molecule has 3 atom stereocenters. The number of rotatable bonds is 5. The zero-order valence-corrected chi connectivity index (χ0v) is 14.5. The van der Waals surface area contributed by atoms with Crippen LogP contribution in [0.4, 0.5) is 0 Å². The number of carbonyl (C=O) groups is 4. The third kappa shape index (κ3) is 3.58. The fraction of sp³-hybridized carbons (Fsp3) is 0.750. The maximum Gasteiger partial charge on any atom is 0.259 e. The Kier molecular flexibility index (Phi) is 5.93. The Morgan fingerprint density at radius 1 is 1.29 bits per heavy atom. The predicted molar refractivity (Wildman–Crippen MR) is 86.6 cm³/mol. The predicted octanol–water partition coefficient (Wildman–Crippen LogP) is -0.413. The van der Waals surface area contributed by atoms with E-state index in [1.54, 1.807) is 7.05 Å². The highest BCUT2D eigenvalue weighted by molar-refractivity contribution is 5.95. The maximum atomic E-state index is 12.8. The quantitative estimate of drug-likeness (QED) is 0.710. The van der Waals surface area contributed by atoms with Crippen molar-refractivity contribution >= 4 is 23.5 Å². The summed E-state index contributed by atoms with van der Waals surface area (Å²) in [7, 11) is 1.67. The molecule has 2 N–H and O–H groups in total. The number of hydrazine groups is 1. The van der Waals surface area contributed by atoms with Crippen molar-refractivity contribution in [2.45, 2.75) is 64.1 Å². The molecule has 2 aliphatic rings. The van der Waals surface area contributed by atoms with Crippen molar-refractivity contribution in [3.05, 3.63) is 0 Å². The largest absolute Gasteiger partial charge is 0.344 e. The Labute approximate surface area is 141 Å². The lowest BCUT2D eigenvalue weighted by atomic mass is 10.0. The van der Waals surface area contributed by atoms with Gasteiger partial charge in [0.2, 0.25) is 11.8 Å². The molecule has 24 heavy (non-hydrogen) atoms. The van der Waals surface area contributed by atoms with Gasteiger partial charge in [-0.15, -0.1) is 0 Å². The first-order chi connectivity index (χ1) is 11.4. The summed E-state index contributed by atoms with van der Waals surface area (Å²) >= 11 is 0. The second kappa shape index (κ2) is 7.74. The van der Waals surface area contributed by atoms with Crippen molar-refractivity contribution < 1.29 is 19.2 Å². The summed E-state index contributed by atoms with van der Waals surface area (Å²) in [6.07, 6.45) is 2.30. The molecular weight excluding hydrogens is 312 g/mol. The van der Waals surface area contributed by atoms with Crippen LogP contribution in [0.25, 0.3) is 0 Å². The van der Waals surface area contributed by atoms with Gasteiger partial charge in [0.15, 0.2) is 5.78 Å². The highest BCUT2D eigenvalue weighted by Crippen LogP contribution is 2.24. The number of Topliss-reactive ketones (excluding diaryl/α,β-unsaturated/α-hetero) is 1. The van der Waals surface area contributed by atoms with E-state index in [4.69, 9.17) is 0 Å². The van der Waals surface area contributed by atoms with Crippen LogP contribution in [0.15, 0.2) is 0 Å². The van der Waals surface area contributed by atoms with Crippen LogP contribution in [0.2, 0.25) is 0 Å². The molecule has 0 aliphatic carbocycles. The highest BCUT2D eigenvalue weighted by atomic mass is 16.2. The Morgan fingerprint density at radius 3 is 2.58 bits per heavy atom. The molecular formula is C16H26N4O4. The second-order valence-electron chi connectivity index (χ2n) is 6.32. The minimum Gasteiger partial charge on any atom is -0.344 e. The summed E-state index contributed by atoms with van der Waals surface area (Å²) < 4.78 is 0. The van der Waals surface area contributed by atoms with E-state index in [2.05, 4.69) is 10.6 Å². The van der Waals surface area contributed by atoms with Gasteiger partial charge in [-0.1, -0.05) is 6.92 Å². The average molecular weight is 338 g/mol. The normalized spacial score (nSPS) is 25.8. The fourth-order valence-corrected chi connectivity index (χ4v) is 3.30. The summed E-state index contributed by atoms with van der Waals surface area (Å²) in [6, 6.07) is -1.80. The van der Waals surface area contributed by atoms with Crippen LogP contribution in [0.3, 0.4) is 0 Å². The number of hydrogen-bond donors (Lipinski definition) is 2. The van der Waals surface area contributed by atoms with Crippen molar-refractivity contribution in [3.8, 4) is 0 Å². The number of ketones is 1. The maximum absolute atomic E-state index is 12.8. The van der Waals surface area contributed by atoms with Gasteiger partial charge >= 0.3 is 0 Å². The smallest absolute Gasteiger partial charge is 0.259 e. The average Bonchev–Trinajstić information content (AvgIpc) is 2.69. The van der Waals surface area contributed by atoms with Crippen molar-refractivity contribution in [2.75, 3.05) is 13.6 Å². The van der Waals surface area contributed by atoms with Gasteiger partial charge in [0.05, 0.1) is 12.1 Å². The first-order valence-electron chi connectivity index (χ1n) is 8.52. The number of amides is 3. The van der Waals surface area contributed by atoms with E-state index in [0.29, 0.717) is 32.2 Å². The van der Waals surface area contributed by atoms with E-state index in [9.17, 15) is 19.2 Å². The van der Waals surface area contributed by atoms with E-state index in [-0.39, 0.29) is 29.9 Å². The molecule has 3 unspecified atom stereocenters. The van der Waals surface area contributed by atoms with Crippen LogP contribution in [-0.4, -0.2) is 65.2 Å². The van der Waals surface area contributed by atoms with Crippen LogP contribution in [-0.2, 0) is 19.2 Å². The topological polar surface area (TPSA) is 98.8 Å². The van der Waals surface area contributed by atoms with Crippen LogP contribution >= 0.6 is 0 Å². The minimum absolute atomic E-state index is 0.120. The first kappa shape index (κ1) is 18.4. The standard InChI is InChI=1S/C16H26N4O4/c1-4-11(10(2)21)18-15(23)13-6-5-9-19-14(22)8-7-12(17-3)16(24)20(13)19/h11-13,17H,4-9H2,1-3H3,(H,18,23). The summed E-state index contributed by atoms with van der Waals surface area (Å²) in [5.41, 5.74) is 0. The Balaban J connectivity index is 2.25. The van der Waals surface area contributed by atoms with E-state index in [1.165, 1.54) is 16.9 Å². The molecule has 0 aromatic rings. The Bertz CT molecular complexity index is 536. The molecule has 2 fully saturated rings. The van der Waals surface area contributed by atoms with Crippen molar-refractivity contribution in [3.63, 3.8) is 0 Å². The molecule has 0 aromatic carbocycles. The molecule has 134 valence electrons. The highest BCUT2D eigenvalue weighted by Gasteiger charge is 2.44. The molecule has 0 spiro atoms. The number of nitrogens with one attached hydrogen (secondary N) is 2. The zero-order chi connectivity index (χ0) is 17.9. The third-order valence-corrected chi connectivity index (χ3v) is 4.73. The van der Waals surface area contributed by atoms with E-state index in [0.717, 1.165) is 0 Å². The van der Waals surface area contributed by atoms with Gasteiger partial charge in [0.25, 0.3) is 5.91 Å². The van der Waals surface area contributed by atoms with Crippen LogP contribution < -0.4 is 10.6 Å². The molecule has 2 saturated heterocycles. The van der Waals surface area contributed by atoms with Gasteiger partial charge in [-0.05, 0) is 39.7 Å². The van der Waals surface area contributed by atoms with Gasteiger partial charge in [0.1, 0.15) is 6.04 Å². The molecule has 0 saturated carbocycles. The van der Waals surface area contributed by atoms with E-state index in [1.807, 2.05) is 6.92 Å². The lowest BCUT2D eigenvalue weighted by Crippen LogP contribution is -2.64. The third-order valence-electron chi connectivity index (χ3n) is 4.73. The Morgan fingerprint density at radius 2 is 2.00 bits per heavy atom. The number of fused-ring (bicyclic) bond motifs is 1. The number of hydrogen-bond acceptors (Lipinski definition) is 5. The van der Waals surface area contributed by atoms with Crippen LogP contribution in [0.5, 0.6) is 0 Å². The molecule has 3 amide bonds. The summed E-state index contributed by atoms with van der Waals surface area (Å²) in [5.74, 6) is -0.902. The molecule has 2 rings (SSSR count). The number of nitrogens with zero attached hydrogens (tertiary/aromatic N) is 2. The number of likely N-dealkylation sites (N-methyl/N-ethyl adjacent to an activating group) is 1. The summed E-state index contributed by atoms with van der Waals surface area (Å²) in [6.45, 7) is 3.69. The van der Waals surface area contributed by atoms with Crippen molar-refractivity contribution in [1.82, 2.24) is 20.7 Å². The zero-order valence-electron chi connectivity index (χ0n) is 14.5. The van der Waals surface area contributed by atoms with E-state index < -0.39 is 18.1 Å². The van der Waals surface area contributed by atoms with Gasteiger partial charge in [-0.2, -0.15) is 0 Å². The molecule has 2 heterocycles. The van der Waals surface area contributed by atoms with Crippen molar-refractivity contribution in [2.24, 2.45) is 0 Å². The molecule has 0 aromatic heterocycles. The molecule has 8 heteroatoms. The summed E-state index contributed by atoms with van der Waals surface area (Å²) in [4.78, 5) is 49.4. The SMILES string of the molecule is CCC(NC(=O)C1CCCN2C(=O)CCC(NC)C(=O)N12)C(C)=O. The van der Waals surface area contributed by atoms with Gasteiger partial charge < -0.3 is 10.6 Å². The summed E-state index contributed by atoms with van der Waals surface area (Å²) in [5, 5.41) is 8.35. The minimum atomic E-state index is -0.752. The van der Waals surface area contributed by atoms with Crippen LogP contribution in [0.1, 0.15) is 46.0 Å². The first-order valence-corrected chi connectivity index (χ1v) is 8.52. The van der Waals surface area contributed by atoms with Gasteiger partial charge in [0, 0.05) is 13.0 Å². The lowest BCUT2D eigenvalue weighted by Gasteiger charge is -2.43. The van der Waals surface area contributed by atoms with Gasteiger partial charge in [-0.3, -0.25) is 24.2 Å². The van der Waals surface area contributed by atoms with Crippen LogP contribution in [0, 0.1) is 0 Å². The molecule has 2 aliphatic heterocycles. The lowest BCUT2D eigenvalue weighted by molar-refractivity contribution is -0.176. The number of carbonyl (C=O) groups excluding carboxylic acids is 4. The molecule has 8 nitrogen and oxygen atoms in total. The Hall–Kier alpha value is -1.96. The second-order valence-corrected chi connectivity index (χ2v) is 6.32. The van der Waals surface area contributed by atoms with Gasteiger partial charge in [-0.25, -0.2) is 5.01 Å².